The van der Waals surface area contributed by atoms with E-state index in [1.54, 1.807) is 11.1 Å². The first-order chi connectivity index (χ1) is 13.3. The third kappa shape index (κ3) is 3.12. The molecule has 3 heterocycles. The molecule has 0 saturated carbocycles. The lowest BCUT2D eigenvalue weighted by atomic mass is 9.73. The molecule has 27 heavy (non-hydrogen) atoms. The molecule has 2 fully saturated rings. The van der Waals surface area contributed by atoms with Crippen molar-refractivity contribution in [2.45, 2.75) is 37.3 Å². The van der Waals surface area contributed by atoms with Crippen LogP contribution in [0.3, 0.4) is 0 Å². The molecule has 0 amide bonds. The summed E-state index contributed by atoms with van der Waals surface area (Å²) >= 11 is 0. The van der Waals surface area contributed by atoms with E-state index in [2.05, 4.69) is 50.7 Å². The molecule has 144 valence electrons. The summed E-state index contributed by atoms with van der Waals surface area (Å²) in [6.07, 6.45) is 7.72. The van der Waals surface area contributed by atoms with Crippen LogP contribution in [0.1, 0.15) is 42.1 Å². The maximum absolute atomic E-state index is 5.60. The van der Waals surface area contributed by atoms with Gasteiger partial charge in [-0.05, 0) is 48.9 Å². The Morgan fingerprint density at radius 2 is 1.89 bits per heavy atom. The number of nitrogens with zero attached hydrogens (tertiary/aromatic N) is 4. The zero-order valence-electron chi connectivity index (χ0n) is 16.3. The Hall–Kier alpha value is -1.69. The molecule has 2 aliphatic heterocycles. The lowest BCUT2D eigenvalue weighted by Gasteiger charge is -2.41. The number of fused-ring (bicyclic) bond motifs is 2. The quantitative estimate of drug-likeness (QED) is 0.836. The standard InChI is InChI=1S/C22H30N4O/c1-24-17-23-15-18(24)16-25-8-6-22(7-9-25)14-21(26-10-12-27-13-11-26)19-4-2-3-5-20(19)22/h2-5,15,17,21H,6-14,16H2,1H3. The second-order valence-electron chi connectivity index (χ2n) is 8.51. The third-order valence-electron chi connectivity index (χ3n) is 7.08. The number of aryl methyl sites for hydroxylation is 1. The first-order valence-corrected chi connectivity index (χ1v) is 10.3. The number of morpholine rings is 1. The highest BCUT2D eigenvalue weighted by atomic mass is 16.5. The minimum absolute atomic E-state index is 0.364. The number of aromatic nitrogens is 2. The first kappa shape index (κ1) is 17.4. The number of hydrogen-bond donors (Lipinski definition) is 0. The van der Waals surface area contributed by atoms with Crippen molar-refractivity contribution in [3.05, 3.63) is 53.6 Å². The molecule has 0 N–H and O–H groups in total. The van der Waals surface area contributed by atoms with Crippen molar-refractivity contribution in [2.24, 2.45) is 7.05 Å². The number of benzene rings is 1. The van der Waals surface area contributed by atoms with Crippen molar-refractivity contribution in [3.63, 3.8) is 0 Å². The van der Waals surface area contributed by atoms with Gasteiger partial charge in [-0.3, -0.25) is 9.80 Å². The van der Waals surface area contributed by atoms with Crippen LogP contribution >= 0.6 is 0 Å². The van der Waals surface area contributed by atoms with Gasteiger partial charge in [-0.25, -0.2) is 4.98 Å². The molecule has 0 radical (unpaired) electrons. The number of likely N-dealkylation sites (tertiary alicyclic amines) is 1. The van der Waals surface area contributed by atoms with Gasteiger partial charge >= 0.3 is 0 Å². The molecule has 1 aliphatic carbocycles. The van der Waals surface area contributed by atoms with Crippen molar-refractivity contribution >= 4 is 0 Å². The summed E-state index contributed by atoms with van der Waals surface area (Å²) in [6, 6.07) is 9.83. The zero-order chi connectivity index (χ0) is 18.3. The van der Waals surface area contributed by atoms with Crippen LogP contribution in [0.2, 0.25) is 0 Å². The van der Waals surface area contributed by atoms with Gasteiger partial charge in [0.1, 0.15) is 0 Å². The number of ether oxygens (including phenoxy) is 1. The van der Waals surface area contributed by atoms with Gasteiger partial charge in [0.2, 0.25) is 0 Å². The van der Waals surface area contributed by atoms with Gasteiger partial charge in [0.15, 0.2) is 0 Å². The number of rotatable bonds is 3. The Morgan fingerprint density at radius 3 is 2.63 bits per heavy atom. The molecule has 1 aromatic heterocycles. The second kappa shape index (κ2) is 7.04. The summed E-state index contributed by atoms with van der Waals surface area (Å²) < 4.78 is 7.74. The smallest absolute Gasteiger partial charge is 0.0945 e. The molecule has 1 aromatic carbocycles. The van der Waals surface area contributed by atoms with E-state index < -0.39 is 0 Å². The van der Waals surface area contributed by atoms with Crippen molar-refractivity contribution in [3.8, 4) is 0 Å². The van der Waals surface area contributed by atoms with Gasteiger partial charge in [-0.2, -0.15) is 0 Å². The Labute approximate surface area is 161 Å². The topological polar surface area (TPSA) is 33.5 Å². The van der Waals surface area contributed by atoms with Crippen LogP contribution in [0.25, 0.3) is 0 Å². The molecule has 1 unspecified atom stereocenters. The fourth-order valence-corrected chi connectivity index (χ4v) is 5.45. The fraction of sp³-hybridized carbons (Fsp3) is 0.591. The van der Waals surface area contributed by atoms with Crippen LogP contribution in [0.4, 0.5) is 0 Å². The van der Waals surface area contributed by atoms with Gasteiger partial charge < -0.3 is 9.30 Å². The number of hydrogen-bond acceptors (Lipinski definition) is 4. The van der Waals surface area contributed by atoms with Crippen molar-refractivity contribution < 1.29 is 4.74 Å². The summed E-state index contributed by atoms with van der Waals surface area (Å²) in [4.78, 5) is 9.54. The third-order valence-corrected chi connectivity index (χ3v) is 7.08. The Balaban J connectivity index is 1.34. The van der Waals surface area contributed by atoms with E-state index in [-0.39, 0.29) is 0 Å². The van der Waals surface area contributed by atoms with E-state index in [0.29, 0.717) is 11.5 Å². The molecular formula is C22H30N4O. The summed E-state index contributed by atoms with van der Waals surface area (Å²) in [5.41, 5.74) is 4.88. The summed E-state index contributed by atoms with van der Waals surface area (Å²) in [6.45, 7) is 7.27. The molecule has 0 bridgehead atoms. The average Bonchev–Trinajstić information content (AvgIpc) is 3.26. The Kier molecular flexibility index (Phi) is 4.54. The SMILES string of the molecule is Cn1cncc1CN1CCC2(CC1)CC(N1CCOCC1)c1ccccc12. The molecule has 2 saturated heterocycles. The van der Waals surface area contributed by atoms with Crippen molar-refractivity contribution in [1.29, 1.82) is 0 Å². The predicted molar refractivity (Wildman–Crippen MR) is 106 cm³/mol. The normalized spacial score (nSPS) is 25.7. The maximum atomic E-state index is 5.60. The van der Waals surface area contributed by atoms with E-state index in [1.807, 2.05) is 12.5 Å². The Morgan fingerprint density at radius 1 is 1.11 bits per heavy atom. The van der Waals surface area contributed by atoms with Crippen LogP contribution in [0, 0.1) is 0 Å². The Bertz CT molecular complexity index is 787. The second-order valence-corrected chi connectivity index (χ2v) is 8.51. The zero-order valence-corrected chi connectivity index (χ0v) is 16.3. The van der Waals surface area contributed by atoms with Crippen LogP contribution in [0.15, 0.2) is 36.8 Å². The molecule has 5 nitrogen and oxygen atoms in total. The number of imidazole rings is 1. The van der Waals surface area contributed by atoms with E-state index in [4.69, 9.17) is 4.74 Å². The van der Waals surface area contributed by atoms with Crippen LogP contribution in [-0.2, 0) is 23.7 Å². The minimum atomic E-state index is 0.364. The molecule has 1 spiro atoms. The molecule has 2 aromatic rings. The molecule has 1 atom stereocenters. The summed E-state index contributed by atoms with van der Waals surface area (Å²) in [5, 5.41) is 0. The monoisotopic (exact) mass is 366 g/mol. The minimum Gasteiger partial charge on any atom is -0.379 e. The highest BCUT2D eigenvalue weighted by molar-refractivity contribution is 5.43. The maximum Gasteiger partial charge on any atom is 0.0945 e. The largest absolute Gasteiger partial charge is 0.379 e. The molecule has 3 aliphatic rings. The lowest BCUT2D eigenvalue weighted by molar-refractivity contribution is 0.0102. The molecule has 5 rings (SSSR count). The fourth-order valence-electron chi connectivity index (χ4n) is 5.45. The summed E-state index contributed by atoms with van der Waals surface area (Å²) in [7, 11) is 2.09. The predicted octanol–water partition coefficient (Wildman–Crippen LogP) is 2.73. The van der Waals surface area contributed by atoms with E-state index in [9.17, 15) is 0 Å². The molecular weight excluding hydrogens is 336 g/mol. The van der Waals surface area contributed by atoms with Gasteiger partial charge in [0, 0.05) is 38.9 Å². The lowest BCUT2D eigenvalue weighted by Crippen LogP contribution is -2.43. The van der Waals surface area contributed by atoms with Crippen LogP contribution in [0.5, 0.6) is 0 Å². The van der Waals surface area contributed by atoms with E-state index in [0.717, 1.165) is 32.8 Å². The summed E-state index contributed by atoms with van der Waals surface area (Å²) in [5.74, 6) is 0. The van der Waals surface area contributed by atoms with Gasteiger partial charge in [0.05, 0.1) is 25.2 Å². The average molecular weight is 367 g/mol. The van der Waals surface area contributed by atoms with E-state index in [1.165, 1.54) is 38.0 Å². The van der Waals surface area contributed by atoms with Crippen LogP contribution < -0.4 is 0 Å². The van der Waals surface area contributed by atoms with Crippen molar-refractivity contribution in [2.75, 3.05) is 39.4 Å². The van der Waals surface area contributed by atoms with Gasteiger partial charge in [0.25, 0.3) is 0 Å². The van der Waals surface area contributed by atoms with Gasteiger partial charge in [-0.1, -0.05) is 24.3 Å². The van der Waals surface area contributed by atoms with E-state index >= 15 is 0 Å². The van der Waals surface area contributed by atoms with Crippen molar-refractivity contribution in [1.82, 2.24) is 19.4 Å². The molecule has 5 heteroatoms. The highest BCUT2D eigenvalue weighted by Gasteiger charge is 2.46. The van der Waals surface area contributed by atoms with Gasteiger partial charge in [-0.15, -0.1) is 0 Å². The highest BCUT2D eigenvalue weighted by Crippen LogP contribution is 2.52. The van der Waals surface area contributed by atoms with Crippen LogP contribution in [-0.4, -0.2) is 58.7 Å². The first-order valence-electron chi connectivity index (χ1n) is 10.3. The number of piperidine rings is 1.